The molecule has 1 aliphatic heterocycles. The summed E-state index contributed by atoms with van der Waals surface area (Å²) in [6.07, 6.45) is 1.21. The summed E-state index contributed by atoms with van der Waals surface area (Å²) in [4.78, 5) is 10.6. The van der Waals surface area contributed by atoms with Crippen LogP contribution in [0.5, 0.6) is 0 Å². The number of carbonyl (C=O) groups excluding carboxylic acids is 1. The Morgan fingerprint density at radius 2 is 2.44 bits per heavy atom. The van der Waals surface area contributed by atoms with E-state index in [2.05, 4.69) is 5.32 Å². The van der Waals surface area contributed by atoms with Crippen molar-refractivity contribution >= 4 is 5.91 Å². The molecule has 0 aromatic heterocycles. The van der Waals surface area contributed by atoms with Crippen LogP contribution in [-0.4, -0.2) is 18.5 Å². The van der Waals surface area contributed by atoms with Gasteiger partial charge in [-0.05, 0) is 24.8 Å². The first kappa shape index (κ1) is 5.23. The second-order valence-corrected chi connectivity index (χ2v) is 2.95. The van der Waals surface area contributed by atoms with Gasteiger partial charge in [-0.15, -0.1) is 0 Å². The predicted octanol–water partition coefficient (Wildman–Crippen LogP) is -0.920. The lowest BCUT2D eigenvalue weighted by molar-refractivity contribution is -0.120. The molecule has 1 aliphatic carbocycles. The van der Waals surface area contributed by atoms with E-state index in [-0.39, 0.29) is 11.9 Å². The molecule has 3 N–H and O–H groups in total. The van der Waals surface area contributed by atoms with Crippen LogP contribution in [0.15, 0.2) is 0 Å². The minimum atomic E-state index is -0.181. The molecule has 50 valence electrons. The van der Waals surface area contributed by atoms with Crippen LogP contribution in [0, 0.1) is 11.8 Å². The molecule has 2 fully saturated rings. The van der Waals surface area contributed by atoms with Crippen LogP contribution >= 0.6 is 0 Å². The van der Waals surface area contributed by atoms with E-state index in [9.17, 15) is 4.79 Å². The molecule has 0 spiro atoms. The van der Waals surface area contributed by atoms with Crippen molar-refractivity contribution in [3.63, 3.8) is 0 Å². The van der Waals surface area contributed by atoms with Crippen LogP contribution in [0.2, 0.25) is 0 Å². The maximum Gasteiger partial charge on any atom is 0.234 e. The molecule has 0 aromatic carbocycles. The van der Waals surface area contributed by atoms with Crippen molar-refractivity contribution < 1.29 is 4.79 Å². The number of hydrogen-bond acceptors (Lipinski definition) is 2. The Balaban J connectivity index is 2.06. The summed E-state index contributed by atoms with van der Waals surface area (Å²) in [5, 5.41) is 3.08. The van der Waals surface area contributed by atoms with E-state index >= 15 is 0 Å². The van der Waals surface area contributed by atoms with Crippen molar-refractivity contribution in [2.24, 2.45) is 17.6 Å². The average Bonchev–Trinajstić information content (AvgIpc) is 2.43. The Bertz CT molecular complexity index is 157. The van der Waals surface area contributed by atoms with Crippen LogP contribution in [0.4, 0.5) is 0 Å². The molecule has 3 atom stereocenters. The van der Waals surface area contributed by atoms with E-state index in [1.54, 1.807) is 0 Å². The van der Waals surface area contributed by atoms with Gasteiger partial charge in [0.05, 0.1) is 6.04 Å². The second kappa shape index (κ2) is 1.48. The van der Waals surface area contributed by atoms with Crippen LogP contribution in [0.3, 0.4) is 0 Å². The standard InChI is InChI=1S/C6H10N2O/c7-6(9)5-4-1-3(4)2-8-5/h3-5,8H,1-2H2,(H2,7,9). The lowest BCUT2D eigenvalue weighted by Gasteiger charge is -2.06. The Morgan fingerprint density at radius 1 is 1.67 bits per heavy atom. The van der Waals surface area contributed by atoms with Crippen molar-refractivity contribution in [1.82, 2.24) is 5.32 Å². The number of primary amides is 1. The van der Waals surface area contributed by atoms with Gasteiger partial charge in [0.2, 0.25) is 5.91 Å². The second-order valence-electron chi connectivity index (χ2n) is 2.95. The van der Waals surface area contributed by atoms with Crippen LogP contribution < -0.4 is 11.1 Å². The van der Waals surface area contributed by atoms with E-state index in [1.807, 2.05) is 0 Å². The molecule has 3 nitrogen and oxygen atoms in total. The predicted molar refractivity (Wildman–Crippen MR) is 32.6 cm³/mol. The number of carbonyl (C=O) groups is 1. The van der Waals surface area contributed by atoms with Crippen LogP contribution in [0.1, 0.15) is 6.42 Å². The molecule has 3 heteroatoms. The van der Waals surface area contributed by atoms with Gasteiger partial charge in [0.15, 0.2) is 0 Å². The van der Waals surface area contributed by atoms with E-state index in [0.29, 0.717) is 5.92 Å². The molecule has 9 heavy (non-hydrogen) atoms. The van der Waals surface area contributed by atoms with Crippen LogP contribution in [-0.2, 0) is 4.79 Å². The lowest BCUT2D eigenvalue weighted by Crippen LogP contribution is -2.39. The van der Waals surface area contributed by atoms with E-state index in [0.717, 1.165) is 12.5 Å². The molecule has 1 heterocycles. The Morgan fingerprint density at radius 3 is 2.67 bits per heavy atom. The van der Waals surface area contributed by atoms with E-state index < -0.39 is 0 Å². The summed E-state index contributed by atoms with van der Waals surface area (Å²) < 4.78 is 0. The van der Waals surface area contributed by atoms with Gasteiger partial charge < -0.3 is 11.1 Å². The highest BCUT2D eigenvalue weighted by atomic mass is 16.1. The van der Waals surface area contributed by atoms with Crippen LogP contribution in [0.25, 0.3) is 0 Å². The highest BCUT2D eigenvalue weighted by Crippen LogP contribution is 2.44. The molecule has 2 aliphatic rings. The first-order valence-corrected chi connectivity index (χ1v) is 3.32. The molecule has 0 aromatic rings. The molecule has 1 saturated carbocycles. The van der Waals surface area contributed by atoms with Gasteiger partial charge in [0.1, 0.15) is 0 Å². The van der Waals surface area contributed by atoms with Gasteiger partial charge in [0, 0.05) is 0 Å². The number of amides is 1. The Kier molecular flexibility index (Phi) is 0.858. The first-order valence-electron chi connectivity index (χ1n) is 3.32. The number of hydrogen-bond donors (Lipinski definition) is 2. The highest BCUT2D eigenvalue weighted by Gasteiger charge is 2.50. The van der Waals surface area contributed by atoms with Gasteiger partial charge in [0.25, 0.3) is 0 Å². The molecular formula is C6H10N2O. The Labute approximate surface area is 53.6 Å². The molecule has 1 amide bonds. The summed E-state index contributed by atoms with van der Waals surface area (Å²) in [7, 11) is 0. The fourth-order valence-electron chi connectivity index (χ4n) is 1.66. The van der Waals surface area contributed by atoms with E-state index in [4.69, 9.17) is 5.73 Å². The maximum atomic E-state index is 10.6. The molecule has 1 saturated heterocycles. The van der Waals surface area contributed by atoms with Crippen molar-refractivity contribution in [2.75, 3.05) is 6.54 Å². The number of nitrogens with two attached hydrogens (primary N) is 1. The smallest absolute Gasteiger partial charge is 0.234 e. The summed E-state index contributed by atoms with van der Waals surface area (Å²) in [5.41, 5.74) is 5.11. The summed E-state index contributed by atoms with van der Waals surface area (Å²) >= 11 is 0. The van der Waals surface area contributed by atoms with Crippen molar-refractivity contribution in [2.45, 2.75) is 12.5 Å². The fourth-order valence-corrected chi connectivity index (χ4v) is 1.66. The zero-order chi connectivity index (χ0) is 6.43. The van der Waals surface area contributed by atoms with Crippen molar-refractivity contribution in [3.8, 4) is 0 Å². The number of rotatable bonds is 1. The zero-order valence-corrected chi connectivity index (χ0v) is 5.13. The largest absolute Gasteiger partial charge is 0.368 e. The maximum absolute atomic E-state index is 10.6. The van der Waals surface area contributed by atoms with Crippen molar-refractivity contribution in [1.29, 1.82) is 0 Å². The fraction of sp³-hybridized carbons (Fsp3) is 0.833. The lowest BCUT2D eigenvalue weighted by atomic mass is 10.2. The Hall–Kier alpha value is -0.570. The summed E-state index contributed by atoms with van der Waals surface area (Å²) in [6, 6.07) is -0.00463. The minimum Gasteiger partial charge on any atom is -0.368 e. The third-order valence-electron chi connectivity index (χ3n) is 2.31. The topological polar surface area (TPSA) is 55.1 Å². The van der Waals surface area contributed by atoms with Gasteiger partial charge in [-0.3, -0.25) is 4.79 Å². The minimum absolute atomic E-state index is 0.00463. The molecular weight excluding hydrogens is 116 g/mol. The van der Waals surface area contributed by atoms with Gasteiger partial charge in [-0.1, -0.05) is 0 Å². The SMILES string of the molecule is NC(=O)C1NCC2CC21. The molecule has 2 rings (SSSR count). The quantitative estimate of drug-likeness (QED) is 0.477. The zero-order valence-electron chi connectivity index (χ0n) is 5.13. The number of fused-ring (bicyclic) bond motifs is 1. The summed E-state index contributed by atoms with van der Waals surface area (Å²) in [5.74, 6) is 1.17. The normalized spacial score (nSPS) is 46.4. The third kappa shape index (κ3) is 0.645. The third-order valence-corrected chi connectivity index (χ3v) is 2.31. The average molecular weight is 126 g/mol. The van der Waals surface area contributed by atoms with Gasteiger partial charge in [-0.2, -0.15) is 0 Å². The molecule has 0 bridgehead atoms. The highest BCUT2D eigenvalue weighted by molar-refractivity contribution is 5.81. The van der Waals surface area contributed by atoms with E-state index in [1.165, 1.54) is 6.42 Å². The number of piperidine rings is 1. The first-order chi connectivity index (χ1) is 4.29. The van der Waals surface area contributed by atoms with Gasteiger partial charge >= 0.3 is 0 Å². The summed E-state index contributed by atoms with van der Waals surface area (Å²) in [6.45, 7) is 0.998. The van der Waals surface area contributed by atoms with Gasteiger partial charge in [-0.25, -0.2) is 0 Å². The monoisotopic (exact) mass is 126 g/mol. The number of nitrogens with one attached hydrogen (secondary N) is 1. The molecule has 3 unspecified atom stereocenters. The van der Waals surface area contributed by atoms with Crippen molar-refractivity contribution in [3.05, 3.63) is 0 Å². The molecule has 0 radical (unpaired) electrons.